The van der Waals surface area contributed by atoms with Crippen LogP contribution in [0.2, 0.25) is 0 Å². The van der Waals surface area contributed by atoms with Gasteiger partial charge < -0.3 is 5.11 Å². The van der Waals surface area contributed by atoms with E-state index in [0.29, 0.717) is 23.8 Å². The highest BCUT2D eigenvalue weighted by atomic mass is 32.2. The minimum Gasteiger partial charge on any atom is -0.478 e. The molecule has 0 aromatic heterocycles. The minimum atomic E-state index is -0.980. The van der Waals surface area contributed by atoms with Gasteiger partial charge in [0.15, 0.2) is 5.17 Å². The predicted molar refractivity (Wildman–Crippen MR) is 109 cm³/mol. The predicted octanol–water partition coefficient (Wildman–Crippen LogP) is 4.05. The van der Waals surface area contributed by atoms with E-state index in [1.165, 1.54) is 29.5 Å². The Morgan fingerprint density at radius 2 is 2.04 bits per heavy atom. The lowest BCUT2D eigenvalue weighted by Gasteiger charge is -2.14. The van der Waals surface area contributed by atoms with E-state index in [1.807, 2.05) is 25.1 Å². The first kappa shape index (κ1) is 18.9. The van der Waals surface area contributed by atoms with Crippen molar-refractivity contribution in [1.82, 2.24) is 4.90 Å². The molecule has 1 amide bonds. The third kappa shape index (κ3) is 4.46. The lowest BCUT2D eigenvalue weighted by atomic mass is 10.1. The number of aryl methyl sites for hydroxylation is 1. The van der Waals surface area contributed by atoms with Crippen LogP contribution in [0.25, 0.3) is 0 Å². The molecule has 1 saturated heterocycles. The molecule has 138 valence electrons. The first-order chi connectivity index (χ1) is 13.0. The summed E-state index contributed by atoms with van der Waals surface area (Å²) < 4.78 is 0. The van der Waals surface area contributed by atoms with Gasteiger partial charge in [0, 0.05) is 6.54 Å². The van der Waals surface area contributed by atoms with E-state index in [-0.39, 0.29) is 16.7 Å². The average molecular weight is 380 g/mol. The zero-order valence-corrected chi connectivity index (χ0v) is 15.8. The Bertz CT molecular complexity index is 906. The molecular formula is C21H20N2O3S. The average Bonchev–Trinajstić information content (AvgIpc) is 2.91. The van der Waals surface area contributed by atoms with Gasteiger partial charge in [-0.2, -0.15) is 0 Å². The second kappa shape index (κ2) is 8.22. The molecule has 2 aromatic carbocycles. The summed E-state index contributed by atoms with van der Waals surface area (Å²) in [5.41, 5.74) is 3.10. The molecule has 0 saturated carbocycles. The molecular weight excluding hydrogens is 360 g/mol. The Morgan fingerprint density at radius 3 is 2.67 bits per heavy atom. The number of nitrogens with zero attached hydrogens (tertiary/aromatic N) is 2. The number of hydrogen-bond donors (Lipinski definition) is 1. The third-order valence-electron chi connectivity index (χ3n) is 4.17. The van der Waals surface area contributed by atoms with Crippen molar-refractivity contribution in [2.24, 2.45) is 4.99 Å². The minimum absolute atomic E-state index is 0.0160. The number of aromatic carboxylic acids is 1. The van der Waals surface area contributed by atoms with Crippen LogP contribution in [0.5, 0.6) is 0 Å². The van der Waals surface area contributed by atoms with Crippen LogP contribution < -0.4 is 0 Å². The quantitative estimate of drug-likeness (QED) is 0.768. The molecule has 27 heavy (non-hydrogen) atoms. The zero-order chi connectivity index (χ0) is 19.4. The standard InChI is InChI=1S/C21H20N2O3S/c1-3-11-23-19(24)18(13-15-6-4-5-14(2)12-15)27-21(23)22-17-9-7-16(8-10-17)20(25)26/h3-10,12,18H,1,11,13H2,2H3,(H,25,26)/t18-/m1/s1. The Labute approximate surface area is 162 Å². The SMILES string of the molecule is C=CCN1C(=O)[C@@H](Cc2cccc(C)c2)SC1=Nc1ccc(C(=O)O)cc1. The number of carbonyl (C=O) groups is 2. The maximum atomic E-state index is 12.8. The van der Waals surface area contributed by atoms with Crippen molar-refractivity contribution in [3.63, 3.8) is 0 Å². The fourth-order valence-electron chi connectivity index (χ4n) is 2.86. The molecule has 0 radical (unpaired) electrons. The van der Waals surface area contributed by atoms with Gasteiger partial charge in [0.2, 0.25) is 5.91 Å². The number of carboxylic acid groups (broad SMARTS) is 1. The Hall–Kier alpha value is -2.86. The molecule has 1 N–H and O–H groups in total. The highest BCUT2D eigenvalue weighted by Crippen LogP contribution is 2.32. The summed E-state index contributed by atoms with van der Waals surface area (Å²) in [6.45, 7) is 6.15. The molecule has 0 aliphatic carbocycles. The Kier molecular flexibility index (Phi) is 5.76. The summed E-state index contributed by atoms with van der Waals surface area (Å²) in [5, 5.41) is 9.38. The second-order valence-corrected chi connectivity index (χ2v) is 7.45. The molecule has 0 unspecified atom stereocenters. The third-order valence-corrected chi connectivity index (χ3v) is 5.35. The van der Waals surface area contributed by atoms with Crippen LogP contribution in [0.3, 0.4) is 0 Å². The number of thioether (sulfide) groups is 1. The van der Waals surface area contributed by atoms with Gasteiger partial charge in [-0.05, 0) is 43.2 Å². The van der Waals surface area contributed by atoms with E-state index in [4.69, 9.17) is 5.11 Å². The van der Waals surface area contributed by atoms with Crippen molar-refractivity contribution < 1.29 is 14.7 Å². The Morgan fingerprint density at radius 1 is 1.30 bits per heavy atom. The Balaban J connectivity index is 1.84. The van der Waals surface area contributed by atoms with Gasteiger partial charge in [-0.15, -0.1) is 6.58 Å². The van der Waals surface area contributed by atoms with E-state index >= 15 is 0 Å². The smallest absolute Gasteiger partial charge is 0.335 e. The summed E-state index contributed by atoms with van der Waals surface area (Å²) in [4.78, 5) is 30.0. The molecule has 0 spiro atoms. The number of benzene rings is 2. The molecule has 5 nitrogen and oxygen atoms in total. The molecule has 1 fully saturated rings. The number of amidine groups is 1. The molecule has 1 atom stereocenters. The van der Waals surface area contributed by atoms with Crippen LogP contribution in [-0.2, 0) is 11.2 Å². The summed E-state index contributed by atoms with van der Waals surface area (Å²) >= 11 is 1.44. The first-order valence-corrected chi connectivity index (χ1v) is 9.42. The van der Waals surface area contributed by atoms with Crippen molar-refractivity contribution in [3.05, 3.63) is 77.9 Å². The molecule has 1 aliphatic rings. The number of aliphatic imine (C=N–C) groups is 1. The zero-order valence-electron chi connectivity index (χ0n) is 15.0. The van der Waals surface area contributed by atoms with Gasteiger partial charge in [-0.25, -0.2) is 9.79 Å². The van der Waals surface area contributed by atoms with Crippen LogP contribution in [0, 0.1) is 6.92 Å². The summed E-state index contributed by atoms with van der Waals surface area (Å²) in [5.74, 6) is -0.964. The fraction of sp³-hybridized carbons (Fsp3) is 0.190. The van der Waals surface area contributed by atoms with Gasteiger partial charge in [-0.3, -0.25) is 9.69 Å². The fourth-order valence-corrected chi connectivity index (χ4v) is 4.07. The maximum Gasteiger partial charge on any atom is 0.335 e. The van der Waals surface area contributed by atoms with Gasteiger partial charge in [0.05, 0.1) is 16.5 Å². The van der Waals surface area contributed by atoms with Gasteiger partial charge in [0.25, 0.3) is 0 Å². The highest BCUT2D eigenvalue weighted by Gasteiger charge is 2.37. The van der Waals surface area contributed by atoms with Gasteiger partial charge in [0.1, 0.15) is 0 Å². The maximum absolute atomic E-state index is 12.8. The topological polar surface area (TPSA) is 70.0 Å². The van der Waals surface area contributed by atoms with Crippen molar-refractivity contribution in [3.8, 4) is 0 Å². The summed E-state index contributed by atoms with van der Waals surface area (Å²) in [7, 11) is 0. The number of carboxylic acids is 1. The highest BCUT2D eigenvalue weighted by molar-refractivity contribution is 8.15. The van der Waals surface area contributed by atoms with E-state index in [2.05, 4.69) is 17.6 Å². The normalized spacial score (nSPS) is 18.1. The van der Waals surface area contributed by atoms with Crippen LogP contribution in [0.1, 0.15) is 21.5 Å². The molecule has 6 heteroatoms. The lowest BCUT2D eigenvalue weighted by molar-refractivity contribution is -0.125. The molecule has 3 rings (SSSR count). The molecule has 1 heterocycles. The van der Waals surface area contributed by atoms with Crippen LogP contribution >= 0.6 is 11.8 Å². The van der Waals surface area contributed by atoms with E-state index in [9.17, 15) is 9.59 Å². The van der Waals surface area contributed by atoms with E-state index < -0.39 is 5.97 Å². The van der Waals surface area contributed by atoms with Crippen LogP contribution in [0.4, 0.5) is 5.69 Å². The molecule has 1 aliphatic heterocycles. The number of carbonyl (C=O) groups excluding carboxylic acids is 1. The van der Waals surface area contributed by atoms with Crippen LogP contribution in [0.15, 0.2) is 66.2 Å². The van der Waals surface area contributed by atoms with Crippen LogP contribution in [-0.4, -0.2) is 38.8 Å². The summed E-state index contributed by atoms with van der Waals surface area (Å²) in [6.07, 6.45) is 2.31. The lowest BCUT2D eigenvalue weighted by Crippen LogP contribution is -2.32. The van der Waals surface area contributed by atoms with Gasteiger partial charge in [-0.1, -0.05) is 47.7 Å². The second-order valence-electron chi connectivity index (χ2n) is 6.28. The van der Waals surface area contributed by atoms with Crippen molar-refractivity contribution in [1.29, 1.82) is 0 Å². The largest absolute Gasteiger partial charge is 0.478 e. The number of rotatable bonds is 6. The van der Waals surface area contributed by atoms with E-state index in [1.54, 1.807) is 23.1 Å². The first-order valence-electron chi connectivity index (χ1n) is 8.54. The number of hydrogen-bond acceptors (Lipinski definition) is 4. The molecule has 2 aromatic rings. The summed E-state index contributed by atoms with van der Waals surface area (Å²) in [6, 6.07) is 14.4. The van der Waals surface area contributed by atoms with Crippen molar-refractivity contribution in [2.75, 3.05) is 6.54 Å². The van der Waals surface area contributed by atoms with E-state index in [0.717, 1.165) is 5.56 Å². The van der Waals surface area contributed by atoms with Crippen molar-refractivity contribution in [2.45, 2.75) is 18.6 Å². The van der Waals surface area contributed by atoms with Crippen molar-refractivity contribution >= 4 is 34.5 Å². The molecule has 0 bridgehead atoms. The number of amides is 1. The monoisotopic (exact) mass is 380 g/mol. The van der Waals surface area contributed by atoms with Gasteiger partial charge >= 0.3 is 5.97 Å².